The van der Waals surface area contributed by atoms with E-state index in [-0.39, 0.29) is 18.1 Å². The molecule has 2 aromatic carbocycles. The van der Waals surface area contributed by atoms with Crippen molar-refractivity contribution in [2.75, 3.05) is 11.9 Å². The lowest BCUT2D eigenvalue weighted by Crippen LogP contribution is -2.20. The molecule has 0 spiro atoms. The van der Waals surface area contributed by atoms with E-state index in [9.17, 15) is 14.4 Å². The predicted octanol–water partition coefficient (Wildman–Crippen LogP) is 2.54. The number of benzene rings is 2. The Morgan fingerprint density at radius 2 is 1.76 bits per heavy atom. The number of hydrogen-bond acceptors (Lipinski definition) is 4. The van der Waals surface area contributed by atoms with Crippen LogP contribution in [0.5, 0.6) is 5.75 Å². The molecular formula is C19H18N2O4. The van der Waals surface area contributed by atoms with E-state index in [4.69, 9.17) is 4.74 Å². The van der Waals surface area contributed by atoms with E-state index in [0.29, 0.717) is 17.0 Å². The molecule has 0 atom stereocenters. The van der Waals surface area contributed by atoms with Gasteiger partial charge in [0.05, 0.1) is 11.1 Å². The number of amides is 3. The molecule has 3 rings (SSSR count). The van der Waals surface area contributed by atoms with E-state index in [1.165, 1.54) is 17.7 Å². The molecule has 2 aromatic rings. The Kier molecular flexibility index (Phi) is 4.79. The fourth-order valence-corrected chi connectivity index (χ4v) is 2.63. The van der Waals surface area contributed by atoms with Crippen LogP contribution in [0.15, 0.2) is 42.5 Å². The van der Waals surface area contributed by atoms with Gasteiger partial charge in [-0.15, -0.1) is 0 Å². The second-order valence-electron chi connectivity index (χ2n) is 5.77. The summed E-state index contributed by atoms with van der Waals surface area (Å²) in [5.74, 6) is -0.608. The zero-order valence-electron chi connectivity index (χ0n) is 13.8. The quantitative estimate of drug-likeness (QED) is 0.793. The van der Waals surface area contributed by atoms with Gasteiger partial charge in [0.15, 0.2) is 6.61 Å². The maximum absolute atomic E-state index is 12.0. The average Bonchev–Trinajstić information content (AvgIpc) is 2.88. The van der Waals surface area contributed by atoms with Crippen molar-refractivity contribution >= 4 is 23.4 Å². The topological polar surface area (TPSA) is 84.5 Å². The van der Waals surface area contributed by atoms with E-state index >= 15 is 0 Å². The molecule has 1 aliphatic rings. The minimum absolute atomic E-state index is 0.144. The molecule has 128 valence electrons. The number of fused-ring (bicyclic) bond motifs is 1. The summed E-state index contributed by atoms with van der Waals surface area (Å²) < 4.78 is 5.46. The molecule has 0 saturated carbocycles. The van der Waals surface area contributed by atoms with Gasteiger partial charge in [0.2, 0.25) is 0 Å². The summed E-state index contributed by atoms with van der Waals surface area (Å²) in [7, 11) is 0. The van der Waals surface area contributed by atoms with Crippen molar-refractivity contribution in [3.63, 3.8) is 0 Å². The third-order valence-corrected chi connectivity index (χ3v) is 3.85. The summed E-state index contributed by atoms with van der Waals surface area (Å²) >= 11 is 0. The van der Waals surface area contributed by atoms with E-state index in [1.54, 1.807) is 6.07 Å². The van der Waals surface area contributed by atoms with Crippen molar-refractivity contribution in [1.82, 2.24) is 5.32 Å². The average molecular weight is 338 g/mol. The van der Waals surface area contributed by atoms with Crippen LogP contribution in [0.25, 0.3) is 0 Å². The van der Waals surface area contributed by atoms with Crippen molar-refractivity contribution in [1.29, 1.82) is 0 Å². The zero-order chi connectivity index (χ0) is 17.8. The molecule has 0 saturated heterocycles. The molecule has 1 heterocycles. The molecule has 0 bridgehead atoms. The first-order valence-electron chi connectivity index (χ1n) is 8.08. The highest BCUT2D eigenvalue weighted by molar-refractivity contribution is 6.22. The number of ether oxygens (including phenoxy) is 1. The van der Waals surface area contributed by atoms with Gasteiger partial charge in [-0.3, -0.25) is 19.7 Å². The molecule has 6 nitrogen and oxygen atoms in total. The first-order valence-corrected chi connectivity index (χ1v) is 8.08. The molecule has 0 fully saturated rings. The molecular weight excluding hydrogens is 320 g/mol. The van der Waals surface area contributed by atoms with Crippen LogP contribution in [0, 0.1) is 0 Å². The number of aryl methyl sites for hydroxylation is 1. The molecule has 0 aromatic heterocycles. The monoisotopic (exact) mass is 338 g/mol. The third kappa shape index (κ3) is 3.85. The minimum Gasteiger partial charge on any atom is -0.484 e. The maximum atomic E-state index is 12.0. The highest BCUT2D eigenvalue weighted by Gasteiger charge is 2.26. The maximum Gasteiger partial charge on any atom is 0.262 e. The smallest absolute Gasteiger partial charge is 0.262 e. The van der Waals surface area contributed by atoms with Crippen LogP contribution in [-0.2, 0) is 11.2 Å². The van der Waals surface area contributed by atoms with E-state index < -0.39 is 11.8 Å². The second-order valence-corrected chi connectivity index (χ2v) is 5.77. The van der Waals surface area contributed by atoms with Crippen molar-refractivity contribution < 1.29 is 19.1 Å². The Bertz CT molecular complexity index is 828. The zero-order valence-corrected chi connectivity index (χ0v) is 13.8. The Labute approximate surface area is 145 Å². The number of imide groups is 1. The highest BCUT2D eigenvalue weighted by atomic mass is 16.5. The molecule has 3 amide bonds. The Morgan fingerprint density at radius 3 is 2.48 bits per heavy atom. The van der Waals surface area contributed by atoms with E-state index in [1.807, 2.05) is 24.3 Å². The van der Waals surface area contributed by atoms with Crippen molar-refractivity contribution in [2.45, 2.75) is 19.8 Å². The molecule has 1 aliphatic heterocycles. The summed E-state index contributed by atoms with van der Waals surface area (Å²) in [5, 5.41) is 4.86. The summed E-state index contributed by atoms with van der Waals surface area (Å²) in [4.78, 5) is 35.1. The van der Waals surface area contributed by atoms with Gasteiger partial charge in [-0.05, 0) is 42.3 Å². The minimum atomic E-state index is -0.459. The van der Waals surface area contributed by atoms with Crippen LogP contribution in [0.4, 0.5) is 5.69 Å². The van der Waals surface area contributed by atoms with Crippen molar-refractivity contribution in [3.8, 4) is 5.75 Å². The molecule has 25 heavy (non-hydrogen) atoms. The number of carbonyl (C=O) groups is 3. The molecule has 0 aliphatic carbocycles. The number of nitrogens with one attached hydrogen (secondary N) is 2. The summed E-state index contributed by atoms with van der Waals surface area (Å²) in [6, 6.07) is 12.2. The number of rotatable bonds is 6. The standard InChI is InChI=1S/C19H18N2O4/c1-2-3-12-4-7-14(8-5-12)25-11-17(22)20-13-6-9-15-16(10-13)19(24)21-18(15)23/h4-10H,2-3,11H2,1H3,(H,20,22)(H,21,23,24). The van der Waals surface area contributed by atoms with Gasteiger partial charge in [-0.1, -0.05) is 25.5 Å². The largest absolute Gasteiger partial charge is 0.484 e. The number of anilines is 1. The fraction of sp³-hybridized carbons (Fsp3) is 0.211. The lowest BCUT2D eigenvalue weighted by atomic mass is 10.1. The lowest BCUT2D eigenvalue weighted by Gasteiger charge is -2.09. The van der Waals surface area contributed by atoms with Gasteiger partial charge in [0.25, 0.3) is 17.7 Å². The normalized spacial score (nSPS) is 12.5. The molecule has 6 heteroatoms. The Hall–Kier alpha value is -3.15. The lowest BCUT2D eigenvalue weighted by molar-refractivity contribution is -0.118. The number of carbonyl (C=O) groups excluding carboxylic acids is 3. The van der Waals surface area contributed by atoms with Gasteiger partial charge in [0, 0.05) is 5.69 Å². The molecule has 0 radical (unpaired) electrons. The van der Waals surface area contributed by atoms with E-state index in [0.717, 1.165) is 12.8 Å². The van der Waals surface area contributed by atoms with Crippen LogP contribution in [0.1, 0.15) is 39.6 Å². The first kappa shape index (κ1) is 16.7. The van der Waals surface area contributed by atoms with Gasteiger partial charge >= 0.3 is 0 Å². The second kappa shape index (κ2) is 7.17. The highest BCUT2D eigenvalue weighted by Crippen LogP contribution is 2.20. The van der Waals surface area contributed by atoms with Gasteiger partial charge in [-0.2, -0.15) is 0 Å². The predicted molar refractivity (Wildman–Crippen MR) is 92.8 cm³/mol. The number of hydrogen-bond donors (Lipinski definition) is 2. The summed E-state index contributed by atoms with van der Waals surface area (Å²) in [6.07, 6.45) is 2.09. The SMILES string of the molecule is CCCc1ccc(OCC(=O)Nc2ccc3c(c2)C(=O)NC3=O)cc1. The van der Waals surface area contributed by atoms with Gasteiger partial charge < -0.3 is 10.1 Å². The Balaban J connectivity index is 1.57. The van der Waals surface area contributed by atoms with Crippen LogP contribution in [-0.4, -0.2) is 24.3 Å². The van der Waals surface area contributed by atoms with Crippen LogP contribution < -0.4 is 15.4 Å². The van der Waals surface area contributed by atoms with Crippen LogP contribution in [0.3, 0.4) is 0 Å². The van der Waals surface area contributed by atoms with Gasteiger partial charge in [0.1, 0.15) is 5.75 Å². The first-order chi connectivity index (χ1) is 12.1. The fourth-order valence-electron chi connectivity index (χ4n) is 2.63. The van der Waals surface area contributed by atoms with Crippen molar-refractivity contribution in [2.24, 2.45) is 0 Å². The van der Waals surface area contributed by atoms with Crippen LogP contribution in [0.2, 0.25) is 0 Å². The van der Waals surface area contributed by atoms with Crippen LogP contribution >= 0.6 is 0 Å². The molecule has 2 N–H and O–H groups in total. The Morgan fingerprint density at radius 1 is 1.04 bits per heavy atom. The summed E-state index contributed by atoms with van der Waals surface area (Å²) in [6.45, 7) is 1.97. The molecule has 0 unspecified atom stereocenters. The summed E-state index contributed by atoms with van der Waals surface area (Å²) in [5.41, 5.74) is 2.24. The van der Waals surface area contributed by atoms with Gasteiger partial charge in [-0.25, -0.2) is 0 Å². The van der Waals surface area contributed by atoms with Crippen molar-refractivity contribution in [3.05, 3.63) is 59.2 Å². The van der Waals surface area contributed by atoms with E-state index in [2.05, 4.69) is 17.6 Å². The third-order valence-electron chi connectivity index (χ3n) is 3.85.